The summed E-state index contributed by atoms with van der Waals surface area (Å²) < 4.78 is 76.8. The first kappa shape index (κ1) is 16.1. The van der Waals surface area contributed by atoms with E-state index in [1.54, 1.807) is 5.32 Å². The molecule has 1 aromatic carbocycles. The number of carbonyl (C=O) groups excluding carboxylic acids is 1. The van der Waals surface area contributed by atoms with Gasteiger partial charge in [-0.2, -0.15) is 26.3 Å². The van der Waals surface area contributed by atoms with Gasteiger partial charge in [0.25, 0.3) is 5.91 Å². The molecular formula is C12H8BrF6NO. The van der Waals surface area contributed by atoms with Gasteiger partial charge in [0.1, 0.15) is 5.54 Å². The summed E-state index contributed by atoms with van der Waals surface area (Å²) in [5.41, 5.74) is -4.52. The van der Waals surface area contributed by atoms with Crippen molar-refractivity contribution in [2.24, 2.45) is 0 Å². The van der Waals surface area contributed by atoms with Crippen LogP contribution in [0.2, 0.25) is 0 Å². The third-order valence-corrected chi connectivity index (χ3v) is 3.67. The van der Waals surface area contributed by atoms with Gasteiger partial charge in [0.05, 0.1) is 11.1 Å². The van der Waals surface area contributed by atoms with Crippen molar-refractivity contribution in [2.75, 3.05) is 0 Å². The molecule has 9 heteroatoms. The molecule has 0 aromatic heterocycles. The molecule has 0 heterocycles. The van der Waals surface area contributed by atoms with Crippen molar-refractivity contribution in [1.82, 2.24) is 5.32 Å². The molecule has 0 unspecified atom stereocenters. The minimum absolute atomic E-state index is 0.0725. The molecule has 0 saturated heterocycles. The fourth-order valence-electron chi connectivity index (χ4n) is 1.84. The van der Waals surface area contributed by atoms with Gasteiger partial charge in [0.15, 0.2) is 0 Å². The Morgan fingerprint density at radius 2 is 1.71 bits per heavy atom. The number of benzene rings is 1. The van der Waals surface area contributed by atoms with Crippen LogP contribution in [0.5, 0.6) is 0 Å². The Morgan fingerprint density at radius 3 is 2.14 bits per heavy atom. The van der Waals surface area contributed by atoms with Crippen molar-refractivity contribution in [3.8, 4) is 0 Å². The normalized spacial score (nSPS) is 17.5. The number of carbonyl (C=O) groups is 1. The highest BCUT2D eigenvalue weighted by Crippen LogP contribution is 2.49. The minimum Gasteiger partial charge on any atom is -0.338 e. The van der Waals surface area contributed by atoms with Crippen LogP contribution in [0.4, 0.5) is 26.3 Å². The minimum atomic E-state index is -4.84. The van der Waals surface area contributed by atoms with Crippen LogP contribution in [0, 0.1) is 0 Å². The highest BCUT2D eigenvalue weighted by Gasteiger charge is 2.64. The van der Waals surface area contributed by atoms with Crippen LogP contribution >= 0.6 is 15.9 Å². The zero-order valence-electron chi connectivity index (χ0n) is 10.2. The van der Waals surface area contributed by atoms with Crippen LogP contribution in [-0.2, 0) is 6.18 Å². The van der Waals surface area contributed by atoms with Crippen LogP contribution in [0.1, 0.15) is 28.8 Å². The number of hydrogen-bond donors (Lipinski definition) is 1. The van der Waals surface area contributed by atoms with Crippen molar-refractivity contribution in [1.29, 1.82) is 0 Å². The molecule has 1 N–H and O–H groups in total. The summed E-state index contributed by atoms with van der Waals surface area (Å²) in [6.45, 7) is 0. The topological polar surface area (TPSA) is 29.1 Å². The Balaban J connectivity index is 2.33. The van der Waals surface area contributed by atoms with E-state index in [1.165, 1.54) is 0 Å². The summed E-state index contributed by atoms with van der Waals surface area (Å²) in [4.78, 5) is 11.8. The maximum Gasteiger partial charge on any atom is 0.417 e. The zero-order valence-corrected chi connectivity index (χ0v) is 11.8. The lowest BCUT2D eigenvalue weighted by Gasteiger charge is -2.22. The van der Waals surface area contributed by atoms with Crippen molar-refractivity contribution in [3.05, 3.63) is 33.8 Å². The largest absolute Gasteiger partial charge is 0.417 e. The van der Waals surface area contributed by atoms with E-state index < -0.39 is 34.9 Å². The number of halogens is 7. The molecule has 1 aromatic rings. The zero-order chi connectivity index (χ0) is 16.1. The van der Waals surface area contributed by atoms with Gasteiger partial charge in [-0.05, 0) is 31.0 Å². The van der Waals surface area contributed by atoms with E-state index in [1.807, 2.05) is 0 Å². The van der Waals surface area contributed by atoms with Gasteiger partial charge in [0, 0.05) is 4.47 Å². The molecule has 2 nitrogen and oxygen atoms in total. The molecule has 2 rings (SSSR count). The van der Waals surface area contributed by atoms with E-state index in [-0.39, 0.29) is 17.3 Å². The lowest BCUT2D eigenvalue weighted by molar-refractivity contribution is -0.163. The predicted octanol–water partition coefficient (Wildman–Crippen LogP) is 4.29. The summed E-state index contributed by atoms with van der Waals surface area (Å²) >= 11 is 2.83. The van der Waals surface area contributed by atoms with Gasteiger partial charge in [-0.3, -0.25) is 4.79 Å². The molecule has 1 fully saturated rings. The average Bonchev–Trinajstić information content (AvgIpc) is 3.07. The van der Waals surface area contributed by atoms with Crippen molar-refractivity contribution in [2.45, 2.75) is 30.7 Å². The smallest absolute Gasteiger partial charge is 0.338 e. The van der Waals surface area contributed by atoms with Crippen LogP contribution in [-0.4, -0.2) is 17.6 Å². The van der Waals surface area contributed by atoms with E-state index >= 15 is 0 Å². The molecular weight excluding hydrogens is 368 g/mol. The molecule has 116 valence electrons. The van der Waals surface area contributed by atoms with Crippen molar-refractivity contribution < 1.29 is 31.1 Å². The van der Waals surface area contributed by atoms with E-state index in [0.717, 1.165) is 12.1 Å². The molecule has 0 radical (unpaired) electrons. The summed E-state index contributed by atoms with van der Waals surface area (Å²) in [5.74, 6) is -1.38. The first-order valence-electron chi connectivity index (χ1n) is 5.72. The van der Waals surface area contributed by atoms with Gasteiger partial charge in [0.2, 0.25) is 0 Å². The van der Waals surface area contributed by atoms with E-state index in [0.29, 0.717) is 6.07 Å². The number of amides is 1. The lowest BCUT2D eigenvalue weighted by Crippen LogP contribution is -2.48. The predicted molar refractivity (Wildman–Crippen MR) is 64.6 cm³/mol. The van der Waals surface area contributed by atoms with Gasteiger partial charge in [-0.1, -0.05) is 15.9 Å². The molecule has 1 aliphatic carbocycles. The Hall–Kier alpha value is -1.25. The Kier molecular flexibility index (Phi) is 3.76. The van der Waals surface area contributed by atoms with E-state index in [2.05, 4.69) is 15.9 Å². The summed E-state index contributed by atoms with van der Waals surface area (Å²) in [5, 5.41) is 1.68. The Bertz CT molecular complexity index is 576. The van der Waals surface area contributed by atoms with Gasteiger partial charge >= 0.3 is 12.4 Å². The van der Waals surface area contributed by atoms with Gasteiger partial charge in [-0.25, -0.2) is 0 Å². The highest BCUT2D eigenvalue weighted by molar-refractivity contribution is 9.10. The second-order valence-corrected chi connectivity index (χ2v) is 5.64. The maximum absolute atomic E-state index is 12.8. The second kappa shape index (κ2) is 4.89. The summed E-state index contributed by atoms with van der Waals surface area (Å²) in [6.07, 6.45) is -10.2. The standard InChI is InChI=1S/C12H8BrF6NO/c13-6-1-2-7(8(5-6)11(14,15)16)9(21)20-10(3-4-10)12(17,18)19/h1-2,5H,3-4H2,(H,20,21). The summed E-state index contributed by atoms with van der Waals surface area (Å²) in [6, 6.07) is 2.66. The van der Waals surface area contributed by atoms with Gasteiger partial charge in [-0.15, -0.1) is 0 Å². The number of alkyl halides is 6. The quantitative estimate of drug-likeness (QED) is 0.767. The van der Waals surface area contributed by atoms with Crippen molar-refractivity contribution in [3.63, 3.8) is 0 Å². The highest BCUT2D eigenvalue weighted by atomic mass is 79.9. The first-order chi connectivity index (χ1) is 9.46. The molecule has 21 heavy (non-hydrogen) atoms. The molecule has 1 amide bonds. The monoisotopic (exact) mass is 375 g/mol. The SMILES string of the molecule is O=C(NC1(C(F)(F)F)CC1)c1ccc(Br)cc1C(F)(F)F. The third-order valence-electron chi connectivity index (χ3n) is 3.18. The summed E-state index contributed by atoms with van der Waals surface area (Å²) in [7, 11) is 0. The molecule has 0 aliphatic heterocycles. The fraction of sp³-hybridized carbons (Fsp3) is 0.417. The molecule has 0 bridgehead atoms. The Labute approximate surface area is 123 Å². The van der Waals surface area contributed by atoms with Crippen LogP contribution in [0.3, 0.4) is 0 Å². The molecule has 0 spiro atoms. The van der Waals surface area contributed by atoms with Crippen LogP contribution in [0.15, 0.2) is 22.7 Å². The van der Waals surface area contributed by atoms with Crippen LogP contribution in [0.25, 0.3) is 0 Å². The number of nitrogens with one attached hydrogen (secondary N) is 1. The van der Waals surface area contributed by atoms with Gasteiger partial charge < -0.3 is 5.32 Å². The molecule has 1 aliphatic rings. The van der Waals surface area contributed by atoms with E-state index in [4.69, 9.17) is 0 Å². The second-order valence-electron chi connectivity index (χ2n) is 4.72. The first-order valence-corrected chi connectivity index (χ1v) is 6.52. The number of hydrogen-bond acceptors (Lipinski definition) is 1. The fourth-order valence-corrected chi connectivity index (χ4v) is 2.20. The number of rotatable bonds is 2. The third kappa shape index (κ3) is 3.17. The lowest BCUT2D eigenvalue weighted by atomic mass is 10.1. The maximum atomic E-state index is 12.8. The average molecular weight is 376 g/mol. The van der Waals surface area contributed by atoms with E-state index in [9.17, 15) is 31.1 Å². The van der Waals surface area contributed by atoms with Crippen LogP contribution < -0.4 is 5.32 Å². The molecule has 1 saturated carbocycles. The molecule has 0 atom stereocenters. The van der Waals surface area contributed by atoms with Crippen molar-refractivity contribution >= 4 is 21.8 Å². The Morgan fingerprint density at radius 1 is 1.14 bits per heavy atom.